The molecular formula is C13H18ClN3O. The molecular weight excluding hydrogens is 250 g/mol. The summed E-state index contributed by atoms with van der Waals surface area (Å²) in [7, 11) is 0. The average molecular weight is 268 g/mol. The molecule has 0 saturated carbocycles. The Hall–Kier alpha value is -1.26. The van der Waals surface area contributed by atoms with Gasteiger partial charge in [-0.25, -0.2) is 0 Å². The molecule has 0 aromatic heterocycles. The molecule has 1 saturated heterocycles. The van der Waals surface area contributed by atoms with Crippen molar-refractivity contribution in [2.24, 2.45) is 11.5 Å². The van der Waals surface area contributed by atoms with Crippen molar-refractivity contribution in [2.75, 3.05) is 11.4 Å². The highest BCUT2D eigenvalue weighted by Gasteiger charge is 2.24. The largest absolute Gasteiger partial charge is 0.368 e. The van der Waals surface area contributed by atoms with Crippen molar-refractivity contribution in [2.45, 2.75) is 31.8 Å². The van der Waals surface area contributed by atoms with Crippen molar-refractivity contribution in [3.63, 3.8) is 0 Å². The predicted octanol–water partition coefficient (Wildman–Crippen LogP) is 1.75. The second kappa shape index (κ2) is 5.16. The molecule has 1 fully saturated rings. The molecule has 0 spiro atoms. The minimum absolute atomic E-state index is 0.264. The van der Waals surface area contributed by atoms with Crippen LogP contribution in [-0.4, -0.2) is 24.5 Å². The van der Waals surface area contributed by atoms with Crippen LogP contribution in [0.5, 0.6) is 0 Å². The molecule has 5 heteroatoms. The lowest BCUT2D eigenvalue weighted by molar-refractivity contribution is 0.100. The smallest absolute Gasteiger partial charge is 0.248 e. The number of hydrogen-bond acceptors (Lipinski definition) is 3. The van der Waals surface area contributed by atoms with Gasteiger partial charge in [-0.2, -0.15) is 0 Å². The third-order valence-corrected chi connectivity index (χ3v) is 3.76. The van der Waals surface area contributed by atoms with E-state index in [0.717, 1.165) is 25.1 Å². The van der Waals surface area contributed by atoms with Gasteiger partial charge in [0.1, 0.15) is 0 Å². The first-order chi connectivity index (χ1) is 8.49. The van der Waals surface area contributed by atoms with E-state index in [1.165, 1.54) is 0 Å². The lowest BCUT2D eigenvalue weighted by atomic mass is 9.98. The van der Waals surface area contributed by atoms with Gasteiger partial charge in [0, 0.05) is 24.2 Å². The average Bonchev–Trinajstić information content (AvgIpc) is 2.30. The highest BCUT2D eigenvalue weighted by Crippen LogP contribution is 2.31. The molecule has 18 heavy (non-hydrogen) atoms. The van der Waals surface area contributed by atoms with Gasteiger partial charge < -0.3 is 16.4 Å². The van der Waals surface area contributed by atoms with Crippen LogP contribution in [-0.2, 0) is 0 Å². The number of nitrogens with zero attached hydrogens (tertiary/aromatic N) is 1. The standard InChI is InChI=1S/C13H18ClN3O/c1-8-6-10(15)4-5-17(8)12-3-2-9(13(16)18)7-11(12)14/h2-3,7-8,10H,4-6,15H2,1H3,(H2,16,18). The molecule has 0 radical (unpaired) electrons. The fourth-order valence-corrected chi connectivity index (χ4v) is 2.75. The van der Waals surface area contributed by atoms with E-state index in [0.29, 0.717) is 16.6 Å². The first kappa shape index (κ1) is 13.2. The minimum Gasteiger partial charge on any atom is -0.368 e. The number of carbonyl (C=O) groups excluding carboxylic acids is 1. The fraction of sp³-hybridized carbons (Fsp3) is 0.462. The van der Waals surface area contributed by atoms with Crippen LogP contribution in [0.1, 0.15) is 30.1 Å². The summed E-state index contributed by atoms with van der Waals surface area (Å²) in [5.74, 6) is -0.461. The Labute approximate surface area is 112 Å². The molecule has 1 amide bonds. The lowest BCUT2D eigenvalue weighted by Crippen LogP contribution is -2.45. The van der Waals surface area contributed by atoms with Gasteiger partial charge in [-0.3, -0.25) is 4.79 Å². The molecule has 1 aliphatic heterocycles. The third-order valence-electron chi connectivity index (χ3n) is 3.46. The second-order valence-electron chi connectivity index (χ2n) is 4.86. The first-order valence-corrected chi connectivity index (χ1v) is 6.48. The van der Waals surface area contributed by atoms with E-state index in [1.54, 1.807) is 12.1 Å². The minimum atomic E-state index is -0.461. The summed E-state index contributed by atoms with van der Waals surface area (Å²) in [6.45, 7) is 3.02. The molecule has 4 N–H and O–H groups in total. The van der Waals surface area contributed by atoms with Gasteiger partial charge in [0.15, 0.2) is 0 Å². The van der Waals surface area contributed by atoms with Gasteiger partial charge in [-0.15, -0.1) is 0 Å². The third kappa shape index (κ3) is 2.60. The summed E-state index contributed by atoms with van der Waals surface area (Å²) in [5.41, 5.74) is 12.6. The van der Waals surface area contributed by atoms with Crippen LogP contribution in [0.15, 0.2) is 18.2 Å². The maximum absolute atomic E-state index is 11.1. The van der Waals surface area contributed by atoms with E-state index in [9.17, 15) is 4.79 Å². The molecule has 2 atom stereocenters. The Morgan fingerprint density at radius 3 is 2.78 bits per heavy atom. The maximum atomic E-state index is 11.1. The number of amides is 1. The van der Waals surface area contributed by atoms with Crippen LogP contribution < -0.4 is 16.4 Å². The summed E-state index contributed by atoms with van der Waals surface area (Å²) in [4.78, 5) is 13.3. The predicted molar refractivity (Wildman–Crippen MR) is 74.0 cm³/mol. The highest BCUT2D eigenvalue weighted by molar-refractivity contribution is 6.33. The zero-order chi connectivity index (χ0) is 13.3. The lowest BCUT2D eigenvalue weighted by Gasteiger charge is -2.38. The molecule has 2 unspecified atom stereocenters. The Morgan fingerprint density at radius 1 is 1.50 bits per heavy atom. The van der Waals surface area contributed by atoms with E-state index in [-0.39, 0.29) is 6.04 Å². The molecule has 1 aromatic rings. The molecule has 0 bridgehead atoms. The Kier molecular flexibility index (Phi) is 3.78. The van der Waals surface area contributed by atoms with E-state index in [1.807, 2.05) is 6.07 Å². The van der Waals surface area contributed by atoms with Gasteiger partial charge in [0.05, 0.1) is 10.7 Å². The summed E-state index contributed by atoms with van der Waals surface area (Å²) in [5, 5.41) is 0.564. The fourth-order valence-electron chi connectivity index (χ4n) is 2.46. The molecule has 2 rings (SSSR count). The molecule has 1 aromatic carbocycles. The molecule has 1 aliphatic rings. The van der Waals surface area contributed by atoms with Gasteiger partial charge in [0.2, 0.25) is 5.91 Å². The van der Waals surface area contributed by atoms with E-state index in [2.05, 4.69) is 11.8 Å². The van der Waals surface area contributed by atoms with Crippen molar-refractivity contribution < 1.29 is 4.79 Å². The topological polar surface area (TPSA) is 72.3 Å². The number of carbonyl (C=O) groups is 1. The SMILES string of the molecule is CC1CC(N)CCN1c1ccc(C(N)=O)cc1Cl. The summed E-state index contributed by atoms with van der Waals surface area (Å²) < 4.78 is 0. The number of primary amides is 1. The van der Waals surface area contributed by atoms with Crippen LogP contribution in [0, 0.1) is 0 Å². The zero-order valence-electron chi connectivity index (χ0n) is 10.4. The quantitative estimate of drug-likeness (QED) is 0.858. The molecule has 0 aliphatic carbocycles. The molecule has 1 heterocycles. The van der Waals surface area contributed by atoms with Crippen molar-refractivity contribution in [1.29, 1.82) is 0 Å². The first-order valence-electron chi connectivity index (χ1n) is 6.10. The molecule has 98 valence electrons. The van der Waals surface area contributed by atoms with Gasteiger partial charge in [-0.05, 0) is 38.0 Å². The van der Waals surface area contributed by atoms with E-state index < -0.39 is 5.91 Å². The Balaban J connectivity index is 2.26. The van der Waals surface area contributed by atoms with E-state index in [4.69, 9.17) is 23.1 Å². The molecule has 4 nitrogen and oxygen atoms in total. The summed E-state index contributed by atoms with van der Waals surface area (Å²) in [6, 6.07) is 5.81. The van der Waals surface area contributed by atoms with Gasteiger partial charge in [0.25, 0.3) is 0 Å². The summed E-state index contributed by atoms with van der Waals surface area (Å²) >= 11 is 6.23. The number of piperidine rings is 1. The number of nitrogens with two attached hydrogens (primary N) is 2. The van der Waals surface area contributed by atoms with Gasteiger partial charge in [-0.1, -0.05) is 11.6 Å². The number of anilines is 1. The van der Waals surface area contributed by atoms with E-state index >= 15 is 0 Å². The van der Waals surface area contributed by atoms with Gasteiger partial charge >= 0.3 is 0 Å². The Morgan fingerprint density at radius 2 is 2.22 bits per heavy atom. The highest BCUT2D eigenvalue weighted by atomic mass is 35.5. The second-order valence-corrected chi connectivity index (χ2v) is 5.26. The Bertz CT molecular complexity index is 464. The van der Waals surface area contributed by atoms with Crippen molar-refractivity contribution in [3.05, 3.63) is 28.8 Å². The van der Waals surface area contributed by atoms with Crippen LogP contribution in [0.25, 0.3) is 0 Å². The van der Waals surface area contributed by atoms with Crippen LogP contribution in [0.3, 0.4) is 0 Å². The number of rotatable bonds is 2. The maximum Gasteiger partial charge on any atom is 0.248 e. The number of hydrogen-bond donors (Lipinski definition) is 2. The monoisotopic (exact) mass is 267 g/mol. The van der Waals surface area contributed by atoms with Crippen LogP contribution in [0.4, 0.5) is 5.69 Å². The van der Waals surface area contributed by atoms with Crippen molar-refractivity contribution in [1.82, 2.24) is 0 Å². The normalized spacial score (nSPS) is 24.1. The number of halogens is 1. The number of benzene rings is 1. The van der Waals surface area contributed by atoms with Crippen molar-refractivity contribution in [3.8, 4) is 0 Å². The van der Waals surface area contributed by atoms with Crippen LogP contribution in [0.2, 0.25) is 5.02 Å². The zero-order valence-corrected chi connectivity index (χ0v) is 11.2. The van der Waals surface area contributed by atoms with Crippen LogP contribution >= 0.6 is 11.6 Å². The summed E-state index contributed by atoms with van der Waals surface area (Å²) in [6.07, 6.45) is 1.91. The van der Waals surface area contributed by atoms with Crippen molar-refractivity contribution >= 4 is 23.2 Å².